The van der Waals surface area contributed by atoms with Gasteiger partial charge in [0.05, 0.1) is 5.69 Å². The maximum absolute atomic E-state index is 12.2. The first-order chi connectivity index (χ1) is 11.5. The monoisotopic (exact) mass is 325 g/mol. The topological polar surface area (TPSA) is 90.5 Å². The van der Waals surface area contributed by atoms with Crippen LogP contribution in [0.3, 0.4) is 0 Å². The maximum Gasteiger partial charge on any atom is 0.249 e. The number of carbonyl (C=O) groups excluding carboxylic acids is 1. The molecule has 8 nitrogen and oxygen atoms in total. The lowest BCUT2D eigenvalue weighted by atomic mass is 10.2. The minimum atomic E-state index is -0.228. The lowest BCUT2D eigenvalue weighted by Gasteiger charge is -2.11. The van der Waals surface area contributed by atoms with Crippen molar-refractivity contribution in [2.75, 3.05) is 5.32 Å². The van der Waals surface area contributed by atoms with Crippen molar-refractivity contribution in [1.29, 1.82) is 0 Å². The molecular weight excluding hydrogens is 306 g/mol. The van der Waals surface area contributed by atoms with Gasteiger partial charge < -0.3 is 5.32 Å². The molecule has 0 radical (unpaired) electrons. The van der Waals surface area contributed by atoms with Gasteiger partial charge in [-0.05, 0) is 26.0 Å². The Kier molecular flexibility index (Phi) is 4.37. The molecule has 0 fully saturated rings. The molecule has 2 aromatic heterocycles. The number of nitrogens with zero attached hydrogens (tertiary/aromatic N) is 6. The summed E-state index contributed by atoms with van der Waals surface area (Å²) < 4.78 is 1.78. The molecule has 0 aliphatic carbocycles. The van der Waals surface area contributed by atoms with Crippen LogP contribution in [0.4, 0.5) is 5.82 Å². The van der Waals surface area contributed by atoms with E-state index in [1.165, 1.54) is 4.80 Å². The van der Waals surface area contributed by atoms with Crippen molar-refractivity contribution in [2.24, 2.45) is 0 Å². The van der Waals surface area contributed by atoms with E-state index >= 15 is 0 Å². The number of amides is 1. The molecule has 3 rings (SSSR count). The zero-order valence-corrected chi connectivity index (χ0v) is 13.8. The Bertz CT molecular complexity index is 835. The highest BCUT2D eigenvalue weighted by Crippen LogP contribution is 2.16. The third kappa shape index (κ3) is 3.48. The van der Waals surface area contributed by atoms with Gasteiger partial charge in [0.15, 0.2) is 0 Å². The van der Waals surface area contributed by atoms with Crippen LogP contribution >= 0.6 is 0 Å². The van der Waals surface area contributed by atoms with Crippen molar-refractivity contribution in [3.8, 4) is 11.4 Å². The summed E-state index contributed by atoms with van der Waals surface area (Å²) >= 11 is 0. The lowest BCUT2D eigenvalue weighted by molar-refractivity contribution is -0.117. The predicted molar refractivity (Wildman–Crippen MR) is 89.2 cm³/mol. The number of anilines is 1. The highest BCUT2D eigenvalue weighted by atomic mass is 16.2. The quantitative estimate of drug-likeness (QED) is 0.775. The van der Waals surface area contributed by atoms with Crippen molar-refractivity contribution in [3.63, 3.8) is 0 Å². The van der Waals surface area contributed by atoms with E-state index in [1.807, 2.05) is 57.2 Å². The van der Waals surface area contributed by atoms with Crippen LogP contribution in [0.25, 0.3) is 11.4 Å². The molecule has 8 heteroatoms. The second-order valence-corrected chi connectivity index (χ2v) is 5.77. The minimum Gasteiger partial charge on any atom is -0.309 e. The molecule has 1 amide bonds. The molecule has 1 aromatic carbocycles. The summed E-state index contributed by atoms with van der Waals surface area (Å²) in [6.07, 6.45) is 0. The minimum absolute atomic E-state index is 0.0117. The van der Waals surface area contributed by atoms with Gasteiger partial charge in [0.1, 0.15) is 12.4 Å². The third-order valence-electron chi connectivity index (χ3n) is 3.38. The fourth-order valence-electron chi connectivity index (χ4n) is 2.33. The Morgan fingerprint density at radius 2 is 1.96 bits per heavy atom. The molecule has 0 bridgehead atoms. The summed E-state index contributed by atoms with van der Waals surface area (Å²) in [5, 5.41) is 19.4. The summed E-state index contributed by atoms with van der Waals surface area (Å²) in [5.74, 6) is 0.927. The molecule has 0 saturated heterocycles. The summed E-state index contributed by atoms with van der Waals surface area (Å²) in [4.78, 5) is 13.5. The zero-order chi connectivity index (χ0) is 17.1. The molecule has 0 spiro atoms. The average molecular weight is 325 g/mol. The summed E-state index contributed by atoms with van der Waals surface area (Å²) in [6, 6.07) is 11.5. The number of aryl methyl sites for hydroxylation is 1. The number of benzene rings is 1. The lowest BCUT2D eigenvalue weighted by Crippen LogP contribution is -2.22. The molecule has 1 N–H and O–H groups in total. The van der Waals surface area contributed by atoms with Crippen LogP contribution in [0.1, 0.15) is 25.6 Å². The third-order valence-corrected chi connectivity index (χ3v) is 3.38. The van der Waals surface area contributed by atoms with Crippen LogP contribution < -0.4 is 5.32 Å². The van der Waals surface area contributed by atoms with E-state index in [4.69, 9.17) is 0 Å². The van der Waals surface area contributed by atoms with Crippen molar-refractivity contribution in [3.05, 3.63) is 42.1 Å². The highest BCUT2D eigenvalue weighted by Gasteiger charge is 2.13. The van der Waals surface area contributed by atoms with Gasteiger partial charge in [-0.3, -0.25) is 4.79 Å². The molecule has 0 atom stereocenters. The van der Waals surface area contributed by atoms with E-state index in [0.717, 1.165) is 11.3 Å². The molecule has 24 heavy (non-hydrogen) atoms. The molecule has 0 unspecified atom stereocenters. The standard InChI is InChI=1S/C16H19N7O/c1-11(2)23-14(9-12(3)19-23)17-15(24)10-22-20-16(18-21-22)13-7-5-4-6-8-13/h4-9,11H,10H2,1-3H3,(H,17,24). The van der Waals surface area contributed by atoms with Crippen molar-refractivity contribution in [1.82, 2.24) is 30.0 Å². The average Bonchev–Trinajstić information content (AvgIpc) is 3.15. The van der Waals surface area contributed by atoms with E-state index in [-0.39, 0.29) is 18.5 Å². The molecule has 124 valence electrons. The Hall–Kier alpha value is -3.03. The van der Waals surface area contributed by atoms with Crippen LogP contribution in [0.15, 0.2) is 36.4 Å². The van der Waals surface area contributed by atoms with Crippen LogP contribution in [0.5, 0.6) is 0 Å². The Morgan fingerprint density at radius 1 is 1.21 bits per heavy atom. The Balaban J connectivity index is 1.69. The number of hydrogen-bond donors (Lipinski definition) is 1. The fourth-order valence-corrected chi connectivity index (χ4v) is 2.33. The highest BCUT2D eigenvalue weighted by molar-refractivity contribution is 5.89. The number of carbonyl (C=O) groups is 1. The molecule has 2 heterocycles. The normalized spacial score (nSPS) is 11.0. The van der Waals surface area contributed by atoms with Gasteiger partial charge in [-0.2, -0.15) is 9.90 Å². The van der Waals surface area contributed by atoms with Crippen molar-refractivity contribution in [2.45, 2.75) is 33.4 Å². The second kappa shape index (κ2) is 6.61. The molecule has 0 aliphatic rings. The van der Waals surface area contributed by atoms with Gasteiger partial charge in [-0.15, -0.1) is 10.2 Å². The van der Waals surface area contributed by atoms with Gasteiger partial charge in [0.2, 0.25) is 11.7 Å². The van der Waals surface area contributed by atoms with Crippen LogP contribution in [-0.4, -0.2) is 35.9 Å². The van der Waals surface area contributed by atoms with Gasteiger partial charge in [0.25, 0.3) is 0 Å². The van der Waals surface area contributed by atoms with Gasteiger partial charge >= 0.3 is 0 Å². The van der Waals surface area contributed by atoms with E-state index in [1.54, 1.807) is 4.68 Å². The van der Waals surface area contributed by atoms with Crippen molar-refractivity contribution >= 4 is 11.7 Å². The molecule has 0 aliphatic heterocycles. The van der Waals surface area contributed by atoms with Gasteiger partial charge in [-0.25, -0.2) is 4.68 Å². The number of hydrogen-bond acceptors (Lipinski definition) is 5. The van der Waals surface area contributed by atoms with Crippen LogP contribution in [0.2, 0.25) is 0 Å². The largest absolute Gasteiger partial charge is 0.309 e. The van der Waals surface area contributed by atoms with Gasteiger partial charge in [0, 0.05) is 17.7 Å². The van der Waals surface area contributed by atoms with E-state index < -0.39 is 0 Å². The first-order valence-corrected chi connectivity index (χ1v) is 7.72. The SMILES string of the molecule is Cc1cc(NC(=O)Cn2nnc(-c3ccccc3)n2)n(C(C)C)n1. The molecule has 0 saturated carbocycles. The Labute approximate surface area is 139 Å². The smallest absolute Gasteiger partial charge is 0.249 e. The fraction of sp³-hybridized carbons (Fsp3) is 0.312. The summed E-state index contributed by atoms with van der Waals surface area (Å²) in [5.41, 5.74) is 1.71. The van der Waals surface area contributed by atoms with E-state index in [0.29, 0.717) is 11.6 Å². The first kappa shape index (κ1) is 15.9. The second-order valence-electron chi connectivity index (χ2n) is 5.77. The number of aromatic nitrogens is 6. The zero-order valence-electron chi connectivity index (χ0n) is 13.8. The van der Waals surface area contributed by atoms with E-state index in [9.17, 15) is 4.79 Å². The number of nitrogens with one attached hydrogen (secondary N) is 1. The molecule has 3 aromatic rings. The summed E-state index contributed by atoms with van der Waals surface area (Å²) in [7, 11) is 0. The number of rotatable bonds is 5. The van der Waals surface area contributed by atoms with E-state index in [2.05, 4.69) is 25.8 Å². The maximum atomic E-state index is 12.2. The van der Waals surface area contributed by atoms with Gasteiger partial charge in [-0.1, -0.05) is 30.3 Å². The van der Waals surface area contributed by atoms with Crippen LogP contribution in [-0.2, 0) is 11.3 Å². The van der Waals surface area contributed by atoms with Crippen molar-refractivity contribution < 1.29 is 4.79 Å². The Morgan fingerprint density at radius 3 is 2.67 bits per heavy atom. The molecular formula is C16H19N7O. The van der Waals surface area contributed by atoms with Crippen LogP contribution in [0, 0.1) is 6.92 Å². The predicted octanol–water partition coefficient (Wildman–Crippen LogP) is 2.06. The first-order valence-electron chi connectivity index (χ1n) is 7.72. The summed E-state index contributed by atoms with van der Waals surface area (Å²) in [6.45, 7) is 5.89. The number of tetrazole rings is 1.